The molecule has 0 saturated heterocycles. The molecule has 0 aliphatic heterocycles. The largest absolute Gasteiger partial charge is 0.397 e. The van der Waals surface area contributed by atoms with Crippen LogP contribution in [-0.4, -0.2) is 19.1 Å². The molecule has 0 saturated carbocycles. The number of ether oxygens (including phenoxy) is 1. The molecular formula is C13H20N2O2. The maximum atomic E-state index is 11.6. The van der Waals surface area contributed by atoms with Crippen molar-refractivity contribution in [2.24, 2.45) is 5.92 Å². The zero-order chi connectivity index (χ0) is 12.7. The topological polar surface area (TPSA) is 64.3 Å². The van der Waals surface area contributed by atoms with E-state index in [-0.39, 0.29) is 5.91 Å². The number of rotatable bonds is 6. The third-order valence-electron chi connectivity index (χ3n) is 2.16. The summed E-state index contributed by atoms with van der Waals surface area (Å²) < 4.78 is 5.34. The van der Waals surface area contributed by atoms with Crippen molar-refractivity contribution < 1.29 is 9.53 Å². The van der Waals surface area contributed by atoms with Gasteiger partial charge in [0.05, 0.1) is 24.4 Å². The second-order valence-electron chi connectivity index (χ2n) is 4.35. The van der Waals surface area contributed by atoms with Crippen molar-refractivity contribution in [1.82, 2.24) is 0 Å². The van der Waals surface area contributed by atoms with Gasteiger partial charge in [-0.3, -0.25) is 4.79 Å². The van der Waals surface area contributed by atoms with Crippen molar-refractivity contribution in [1.29, 1.82) is 0 Å². The van der Waals surface area contributed by atoms with E-state index in [1.54, 1.807) is 12.1 Å². The van der Waals surface area contributed by atoms with E-state index in [4.69, 9.17) is 10.5 Å². The summed E-state index contributed by atoms with van der Waals surface area (Å²) in [5.41, 5.74) is 6.94. The normalized spacial score (nSPS) is 10.5. The lowest BCUT2D eigenvalue weighted by atomic mass is 10.2. The predicted octanol–water partition coefficient (Wildman–Crippen LogP) is 2.27. The van der Waals surface area contributed by atoms with Crippen LogP contribution in [-0.2, 0) is 9.53 Å². The molecule has 1 amide bonds. The number of carbonyl (C=O) groups is 1. The second-order valence-corrected chi connectivity index (χ2v) is 4.35. The molecule has 0 radical (unpaired) electrons. The van der Waals surface area contributed by atoms with Crippen molar-refractivity contribution in [2.45, 2.75) is 20.3 Å². The van der Waals surface area contributed by atoms with Gasteiger partial charge >= 0.3 is 0 Å². The van der Waals surface area contributed by atoms with Gasteiger partial charge in [0.2, 0.25) is 5.91 Å². The third kappa shape index (κ3) is 5.36. The van der Waals surface area contributed by atoms with Gasteiger partial charge in [0.15, 0.2) is 0 Å². The number of hydrogen-bond acceptors (Lipinski definition) is 3. The molecule has 0 unspecified atom stereocenters. The quantitative estimate of drug-likeness (QED) is 0.588. The minimum atomic E-state index is -0.0772. The molecule has 0 heterocycles. The van der Waals surface area contributed by atoms with Gasteiger partial charge in [0.1, 0.15) is 0 Å². The summed E-state index contributed by atoms with van der Waals surface area (Å²) >= 11 is 0. The molecule has 0 aliphatic carbocycles. The molecule has 94 valence electrons. The van der Waals surface area contributed by atoms with Crippen molar-refractivity contribution in [3.05, 3.63) is 24.3 Å². The average Bonchev–Trinajstić information content (AvgIpc) is 2.27. The SMILES string of the molecule is CC(C)COCCC(=O)Nc1ccccc1N. The average molecular weight is 236 g/mol. The molecular weight excluding hydrogens is 216 g/mol. The summed E-state index contributed by atoms with van der Waals surface area (Å²) in [5.74, 6) is 0.412. The van der Waals surface area contributed by atoms with Crippen LogP contribution in [0, 0.1) is 5.92 Å². The number of carbonyl (C=O) groups excluding carboxylic acids is 1. The molecule has 17 heavy (non-hydrogen) atoms. The number of nitrogens with two attached hydrogens (primary N) is 1. The van der Waals surface area contributed by atoms with E-state index in [1.165, 1.54) is 0 Å². The van der Waals surface area contributed by atoms with Crippen molar-refractivity contribution in [3.63, 3.8) is 0 Å². The highest BCUT2D eigenvalue weighted by Gasteiger charge is 2.04. The van der Waals surface area contributed by atoms with Crippen LogP contribution in [0.25, 0.3) is 0 Å². The monoisotopic (exact) mass is 236 g/mol. The van der Waals surface area contributed by atoms with E-state index in [0.717, 1.165) is 0 Å². The van der Waals surface area contributed by atoms with Crippen LogP contribution in [0.4, 0.5) is 11.4 Å². The summed E-state index contributed by atoms with van der Waals surface area (Å²) in [6.45, 7) is 5.27. The number of hydrogen-bond donors (Lipinski definition) is 2. The fraction of sp³-hybridized carbons (Fsp3) is 0.462. The Morgan fingerprint density at radius 1 is 1.41 bits per heavy atom. The van der Waals surface area contributed by atoms with Crippen LogP contribution in [0.2, 0.25) is 0 Å². The van der Waals surface area contributed by atoms with Crippen LogP contribution in [0.15, 0.2) is 24.3 Å². The van der Waals surface area contributed by atoms with Gasteiger partial charge in [-0.25, -0.2) is 0 Å². The molecule has 0 atom stereocenters. The highest BCUT2D eigenvalue weighted by molar-refractivity contribution is 5.93. The van der Waals surface area contributed by atoms with Gasteiger partial charge in [-0.05, 0) is 18.1 Å². The van der Waals surface area contributed by atoms with Crippen molar-refractivity contribution in [3.8, 4) is 0 Å². The van der Waals surface area contributed by atoms with Crippen LogP contribution in [0.5, 0.6) is 0 Å². The van der Waals surface area contributed by atoms with Crippen molar-refractivity contribution >= 4 is 17.3 Å². The summed E-state index contributed by atoms with van der Waals surface area (Å²) in [6, 6.07) is 7.20. The number of nitrogen functional groups attached to an aromatic ring is 1. The zero-order valence-electron chi connectivity index (χ0n) is 10.4. The van der Waals surface area contributed by atoms with E-state index in [1.807, 2.05) is 12.1 Å². The Kier molecular flexibility index (Phi) is 5.49. The number of anilines is 2. The first-order valence-electron chi connectivity index (χ1n) is 5.81. The first kappa shape index (κ1) is 13.5. The minimum Gasteiger partial charge on any atom is -0.397 e. The molecule has 0 aliphatic rings. The molecule has 4 heteroatoms. The fourth-order valence-electron chi connectivity index (χ4n) is 1.31. The third-order valence-corrected chi connectivity index (χ3v) is 2.16. The molecule has 1 aromatic carbocycles. The molecule has 1 aromatic rings. The Morgan fingerprint density at radius 2 is 2.12 bits per heavy atom. The van der Waals surface area contributed by atoms with Gasteiger partial charge in [-0.2, -0.15) is 0 Å². The summed E-state index contributed by atoms with van der Waals surface area (Å²) in [7, 11) is 0. The zero-order valence-corrected chi connectivity index (χ0v) is 10.4. The highest BCUT2D eigenvalue weighted by Crippen LogP contribution is 2.16. The predicted molar refractivity (Wildman–Crippen MR) is 69.8 cm³/mol. The number of amides is 1. The van der Waals surface area contributed by atoms with Crippen molar-refractivity contribution in [2.75, 3.05) is 24.3 Å². The molecule has 0 bridgehead atoms. The Labute approximate surface area is 102 Å². The Hall–Kier alpha value is -1.55. The van der Waals surface area contributed by atoms with Crippen LogP contribution in [0.1, 0.15) is 20.3 Å². The highest BCUT2D eigenvalue weighted by atomic mass is 16.5. The number of benzene rings is 1. The molecule has 0 spiro atoms. The van der Waals surface area contributed by atoms with Gasteiger partial charge in [-0.15, -0.1) is 0 Å². The number of para-hydroxylation sites is 2. The Balaban J connectivity index is 2.28. The van der Waals surface area contributed by atoms with E-state index in [2.05, 4.69) is 19.2 Å². The lowest BCUT2D eigenvalue weighted by Gasteiger charge is -2.09. The van der Waals surface area contributed by atoms with Gasteiger partial charge < -0.3 is 15.8 Å². The van der Waals surface area contributed by atoms with Crippen LogP contribution in [0.3, 0.4) is 0 Å². The van der Waals surface area contributed by atoms with Gasteiger partial charge in [0.25, 0.3) is 0 Å². The molecule has 4 nitrogen and oxygen atoms in total. The lowest BCUT2D eigenvalue weighted by molar-refractivity contribution is -0.117. The molecule has 0 fully saturated rings. The summed E-state index contributed by atoms with van der Waals surface area (Å²) in [4.78, 5) is 11.6. The summed E-state index contributed by atoms with van der Waals surface area (Å²) in [5, 5.41) is 2.75. The molecule has 1 rings (SSSR count). The lowest BCUT2D eigenvalue weighted by Crippen LogP contribution is -2.16. The van der Waals surface area contributed by atoms with Gasteiger partial charge in [-0.1, -0.05) is 26.0 Å². The number of nitrogens with one attached hydrogen (secondary N) is 1. The van der Waals surface area contributed by atoms with Gasteiger partial charge in [0, 0.05) is 6.61 Å². The Morgan fingerprint density at radius 3 is 2.76 bits per heavy atom. The summed E-state index contributed by atoms with van der Waals surface area (Å²) in [6.07, 6.45) is 0.348. The van der Waals surface area contributed by atoms with Crippen LogP contribution < -0.4 is 11.1 Å². The van der Waals surface area contributed by atoms with Crippen LogP contribution >= 0.6 is 0 Å². The molecule has 0 aromatic heterocycles. The van der Waals surface area contributed by atoms with E-state index >= 15 is 0 Å². The first-order chi connectivity index (χ1) is 8.09. The first-order valence-corrected chi connectivity index (χ1v) is 5.81. The van der Waals surface area contributed by atoms with E-state index < -0.39 is 0 Å². The smallest absolute Gasteiger partial charge is 0.226 e. The minimum absolute atomic E-state index is 0.0772. The fourth-order valence-corrected chi connectivity index (χ4v) is 1.31. The second kappa shape index (κ2) is 6.91. The Bertz CT molecular complexity index is 364. The van der Waals surface area contributed by atoms with E-state index in [0.29, 0.717) is 36.9 Å². The maximum absolute atomic E-state index is 11.6. The standard InChI is InChI=1S/C13H20N2O2/c1-10(2)9-17-8-7-13(16)15-12-6-4-3-5-11(12)14/h3-6,10H,7-9,14H2,1-2H3,(H,15,16). The van der Waals surface area contributed by atoms with E-state index in [9.17, 15) is 4.79 Å². The molecule has 3 N–H and O–H groups in total. The maximum Gasteiger partial charge on any atom is 0.226 e.